The molecule has 5 heteroatoms. The molecule has 1 rings (SSSR count). The molecule has 0 heterocycles. The number of hydrogen-bond acceptors (Lipinski definition) is 3. The van der Waals surface area contributed by atoms with Gasteiger partial charge in [0, 0.05) is 17.8 Å². The zero-order valence-corrected chi connectivity index (χ0v) is 8.99. The minimum Gasteiger partial charge on any atom is -0.478 e. The molecule has 1 aromatic carbocycles. The topological polar surface area (TPSA) is 92.4 Å². The molecule has 4 N–H and O–H groups in total. The number of nitrogens with two attached hydrogens (primary N) is 1. The molecule has 0 unspecified atom stereocenters. The minimum atomic E-state index is -1.10. The van der Waals surface area contributed by atoms with E-state index in [0.717, 1.165) is 6.42 Å². The maximum atomic E-state index is 11.6. The number of carboxylic acid groups (broad SMARTS) is 1. The largest absolute Gasteiger partial charge is 0.478 e. The number of carbonyl (C=O) groups is 2. The van der Waals surface area contributed by atoms with Gasteiger partial charge in [-0.3, -0.25) is 4.79 Å². The molecule has 0 aromatic heterocycles. The van der Waals surface area contributed by atoms with Crippen molar-refractivity contribution in [2.75, 3.05) is 12.3 Å². The third-order valence-corrected chi connectivity index (χ3v) is 2.00. The van der Waals surface area contributed by atoms with Gasteiger partial charge in [0.25, 0.3) is 5.91 Å². The maximum Gasteiger partial charge on any atom is 0.335 e. The van der Waals surface area contributed by atoms with Crippen LogP contribution in [0.4, 0.5) is 5.69 Å². The molecule has 86 valence electrons. The van der Waals surface area contributed by atoms with Crippen LogP contribution in [0.1, 0.15) is 34.1 Å². The average molecular weight is 222 g/mol. The highest BCUT2D eigenvalue weighted by atomic mass is 16.4. The summed E-state index contributed by atoms with van der Waals surface area (Å²) in [7, 11) is 0. The number of aromatic carboxylic acids is 1. The number of anilines is 1. The number of hydrogen-bond donors (Lipinski definition) is 3. The summed E-state index contributed by atoms with van der Waals surface area (Å²) in [5.41, 5.74) is 6.07. The van der Waals surface area contributed by atoms with E-state index in [1.807, 2.05) is 6.92 Å². The Balaban J connectivity index is 2.95. The Hall–Kier alpha value is -2.04. The van der Waals surface area contributed by atoms with Gasteiger partial charge in [0.05, 0.1) is 5.56 Å². The molecular weight excluding hydrogens is 208 g/mol. The van der Waals surface area contributed by atoms with Crippen LogP contribution in [0.25, 0.3) is 0 Å². The van der Waals surface area contributed by atoms with E-state index in [0.29, 0.717) is 6.54 Å². The van der Waals surface area contributed by atoms with Crippen molar-refractivity contribution >= 4 is 17.6 Å². The Kier molecular flexibility index (Phi) is 3.88. The van der Waals surface area contributed by atoms with E-state index in [-0.39, 0.29) is 22.7 Å². The van der Waals surface area contributed by atoms with Crippen molar-refractivity contribution in [2.45, 2.75) is 13.3 Å². The van der Waals surface area contributed by atoms with Crippen molar-refractivity contribution in [3.05, 3.63) is 29.3 Å². The predicted octanol–water partition coefficient (Wildman–Crippen LogP) is 1.11. The molecule has 0 saturated carbocycles. The van der Waals surface area contributed by atoms with Crippen molar-refractivity contribution in [2.24, 2.45) is 0 Å². The summed E-state index contributed by atoms with van der Waals surface area (Å²) in [5.74, 6) is -1.41. The smallest absolute Gasteiger partial charge is 0.335 e. The molecule has 0 aliphatic carbocycles. The lowest BCUT2D eigenvalue weighted by Crippen LogP contribution is -2.24. The number of rotatable bonds is 4. The zero-order valence-electron chi connectivity index (χ0n) is 8.99. The van der Waals surface area contributed by atoms with E-state index in [1.54, 1.807) is 0 Å². The van der Waals surface area contributed by atoms with Gasteiger partial charge < -0.3 is 16.2 Å². The van der Waals surface area contributed by atoms with E-state index in [9.17, 15) is 9.59 Å². The molecule has 1 aromatic rings. The number of amides is 1. The van der Waals surface area contributed by atoms with Crippen LogP contribution < -0.4 is 11.1 Å². The van der Waals surface area contributed by atoms with Gasteiger partial charge in [0.1, 0.15) is 0 Å². The van der Waals surface area contributed by atoms with E-state index in [2.05, 4.69) is 5.32 Å². The number of carboxylic acids is 1. The lowest BCUT2D eigenvalue weighted by Gasteiger charge is -2.05. The van der Waals surface area contributed by atoms with Crippen LogP contribution >= 0.6 is 0 Å². The molecule has 0 bridgehead atoms. The third kappa shape index (κ3) is 2.98. The molecule has 0 spiro atoms. The lowest BCUT2D eigenvalue weighted by molar-refractivity contribution is 0.0697. The number of nitrogens with one attached hydrogen (secondary N) is 1. The van der Waals surface area contributed by atoms with Crippen LogP contribution in [0.15, 0.2) is 18.2 Å². The van der Waals surface area contributed by atoms with E-state index < -0.39 is 5.97 Å². The summed E-state index contributed by atoms with van der Waals surface area (Å²) >= 11 is 0. The number of benzene rings is 1. The van der Waals surface area contributed by atoms with Gasteiger partial charge in [-0.25, -0.2) is 4.79 Å². The first-order valence-corrected chi connectivity index (χ1v) is 4.96. The molecule has 1 amide bonds. The van der Waals surface area contributed by atoms with Crippen molar-refractivity contribution in [1.82, 2.24) is 5.32 Å². The second-order valence-electron chi connectivity index (χ2n) is 3.40. The summed E-state index contributed by atoms with van der Waals surface area (Å²) in [5, 5.41) is 11.5. The molecule has 0 radical (unpaired) electrons. The van der Waals surface area contributed by atoms with Crippen LogP contribution in [0, 0.1) is 0 Å². The molecule has 0 atom stereocenters. The van der Waals surface area contributed by atoms with Crippen molar-refractivity contribution in [1.29, 1.82) is 0 Å². The monoisotopic (exact) mass is 222 g/mol. The summed E-state index contributed by atoms with van der Waals surface area (Å²) in [6.45, 7) is 2.48. The number of nitrogen functional groups attached to an aromatic ring is 1. The summed E-state index contributed by atoms with van der Waals surface area (Å²) < 4.78 is 0. The first-order chi connectivity index (χ1) is 7.54. The van der Waals surface area contributed by atoms with Gasteiger partial charge in [-0.1, -0.05) is 6.92 Å². The fourth-order valence-corrected chi connectivity index (χ4v) is 1.25. The SMILES string of the molecule is CCCNC(=O)c1cc(N)cc(C(=O)O)c1. The lowest BCUT2D eigenvalue weighted by atomic mass is 10.1. The fraction of sp³-hybridized carbons (Fsp3) is 0.273. The second kappa shape index (κ2) is 5.16. The molecule has 0 fully saturated rings. The van der Waals surface area contributed by atoms with Gasteiger partial charge in [-0.2, -0.15) is 0 Å². The average Bonchev–Trinajstić information content (AvgIpc) is 2.24. The molecule has 0 aliphatic heterocycles. The highest BCUT2D eigenvalue weighted by Crippen LogP contribution is 2.12. The Labute approximate surface area is 93.3 Å². The molecular formula is C11H14N2O3. The highest BCUT2D eigenvalue weighted by Gasteiger charge is 2.10. The zero-order chi connectivity index (χ0) is 12.1. The van der Waals surface area contributed by atoms with Crippen LogP contribution in [-0.2, 0) is 0 Å². The normalized spacial score (nSPS) is 9.81. The molecule has 16 heavy (non-hydrogen) atoms. The highest BCUT2D eigenvalue weighted by molar-refractivity contribution is 5.98. The van der Waals surface area contributed by atoms with Crippen LogP contribution in [0.5, 0.6) is 0 Å². The Bertz CT molecular complexity index is 416. The Morgan fingerprint density at radius 1 is 1.31 bits per heavy atom. The second-order valence-corrected chi connectivity index (χ2v) is 3.40. The third-order valence-electron chi connectivity index (χ3n) is 2.00. The fourth-order valence-electron chi connectivity index (χ4n) is 1.25. The summed E-state index contributed by atoms with van der Waals surface area (Å²) in [4.78, 5) is 22.3. The van der Waals surface area contributed by atoms with Crippen molar-refractivity contribution in [3.8, 4) is 0 Å². The predicted molar refractivity (Wildman–Crippen MR) is 60.4 cm³/mol. The number of carbonyl (C=O) groups excluding carboxylic acids is 1. The standard InChI is InChI=1S/C11H14N2O3/c1-2-3-13-10(14)7-4-8(11(15)16)6-9(12)5-7/h4-6H,2-3,12H2,1H3,(H,13,14)(H,15,16). The Morgan fingerprint density at radius 2 is 1.94 bits per heavy atom. The molecule has 5 nitrogen and oxygen atoms in total. The van der Waals surface area contributed by atoms with Crippen molar-refractivity contribution < 1.29 is 14.7 Å². The van der Waals surface area contributed by atoms with Gasteiger partial charge in [0.2, 0.25) is 0 Å². The van der Waals surface area contributed by atoms with E-state index >= 15 is 0 Å². The van der Waals surface area contributed by atoms with Crippen LogP contribution in [0.3, 0.4) is 0 Å². The summed E-state index contributed by atoms with van der Waals surface area (Å²) in [6, 6.07) is 4.08. The Morgan fingerprint density at radius 3 is 2.50 bits per heavy atom. The van der Waals surface area contributed by atoms with Crippen molar-refractivity contribution in [3.63, 3.8) is 0 Å². The van der Waals surface area contributed by atoms with E-state index in [1.165, 1.54) is 18.2 Å². The van der Waals surface area contributed by atoms with Gasteiger partial charge in [0.15, 0.2) is 0 Å². The molecule has 0 saturated heterocycles. The quantitative estimate of drug-likeness (QED) is 0.665. The van der Waals surface area contributed by atoms with Crippen LogP contribution in [0.2, 0.25) is 0 Å². The maximum absolute atomic E-state index is 11.6. The molecule has 0 aliphatic rings. The summed E-state index contributed by atoms with van der Waals surface area (Å²) in [6.07, 6.45) is 0.819. The first kappa shape index (κ1) is 12.0. The van der Waals surface area contributed by atoms with Crippen LogP contribution in [-0.4, -0.2) is 23.5 Å². The van der Waals surface area contributed by atoms with Gasteiger partial charge >= 0.3 is 5.97 Å². The minimum absolute atomic E-state index is 0.0154. The van der Waals surface area contributed by atoms with Gasteiger partial charge in [-0.15, -0.1) is 0 Å². The van der Waals surface area contributed by atoms with Gasteiger partial charge in [-0.05, 0) is 24.6 Å². The van der Waals surface area contributed by atoms with E-state index in [4.69, 9.17) is 10.8 Å². The first-order valence-electron chi connectivity index (χ1n) is 4.96.